The summed E-state index contributed by atoms with van der Waals surface area (Å²) in [5.74, 6) is 0.140. The first-order chi connectivity index (χ1) is 15.7. The molecule has 0 atom stereocenters. The Balaban J connectivity index is 1.24. The number of hydrogen-bond acceptors (Lipinski definition) is 7. The molecule has 0 fully saturated rings. The van der Waals surface area contributed by atoms with Gasteiger partial charge in [-0.3, -0.25) is 4.79 Å². The van der Waals surface area contributed by atoms with E-state index in [4.69, 9.17) is 0 Å². The average molecular weight is 442 g/mol. The van der Waals surface area contributed by atoms with Crippen LogP contribution in [0.2, 0.25) is 0 Å². The van der Waals surface area contributed by atoms with E-state index < -0.39 is 0 Å². The van der Waals surface area contributed by atoms with Gasteiger partial charge in [-0.2, -0.15) is 9.90 Å². The van der Waals surface area contributed by atoms with E-state index in [1.54, 1.807) is 11.8 Å². The monoisotopic (exact) mass is 441 g/mol. The number of nitrogens with zero attached hydrogens (tertiary/aromatic N) is 5. The number of fused-ring (bicyclic) bond motifs is 2. The Hall–Kier alpha value is -3.98. The zero-order chi connectivity index (χ0) is 21.9. The Kier molecular flexibility index (Phi) is 5.39. The van der Waals surface area contributed by atoms with Gasteiger partial charge in [-0.25, -0.2) is 5.43 Å². The summed E-state index contributed by atoms with van der Waals surface area (Å²) in [6.07, 6.45) is 0. The quantitative estimate of drug-likeness (QED) is 0.315. The van der Waals surface area contributed by atoms with Gasteiger partial charge < -0.3 is 5.32 Å². The van der Waals surface area contributed by atoms with Crippen molar-refractivity contribution in [1.29, 1.82) is 0 Å². The van der Waals surface area contributed by atoms with Crippen LogP contribution < -0.4 is 10.7 Å². The molecule has 0 saturated heterocycles. The Morgan fingerprint density at radius 1 is 1.03 bits per heavy atom. The highest BCUT2D eigenvalue weighted by molar-refractivity contribution is 7.99. The van der Waals surface area contributed by atoms with Gasteiger partial charge in [-0.1, -0.05) is 60.3 Å². The van der Waals surface area contributed by atoms with E-state index in [2.05, 4.69) is 49.5 Å². The summed E-state index contributed by atoms with van der Waals surface area (Å²) in [5.41, 5.74) is 7.13. The number of anilines is 2. The number of hydrazone groups is 1. The number of tetrazole rings is 1. The summed E-state index contributed by atoms with van der Waals surface area (Å²) >= 11 is 1.73. The third-order valence-corrected chi connectivity index (χ3v) is 6.04. The summed E-state index contributed by atoms with van der Waals surface area (Å²) in [5, 5.41) is 19.9. The fraction of sp³-hybridized carbons (Fsp3) is 0.0870. The molecule has 0 unspecified atom stereocenters. The molecule has 1 aliphatic heterocycles. The third-order valence-electron chi connectivity index (χ3n) is 4.89. The summed E-state index contributed by atoms with van der Waals surface area (Å²) < 4.78 is 0. The number of hydrogen-bond donors (Lipinski definition) is 2. The first-order valence-electron chi connectivity index (χ1n) is 10.0. The minimum absolute atomic E-state index is 0.0736. The molecule has 0 aliphatic carbocycles. The predicted molar refractivity (Wildman–Crippen MR) is 124 cm³/mol. The first-order valence-corrected chi connectivity index (χ1v) is 10.8. The molecule has 4 aromatic rings. The zero-order valence-corrected chi connectivity index (χ0v) is 18.0. The van der Waals surface area contributed by atoms with E-state index >= 15 is 0 Å². The van der Waals surface area contributed by atoms with Gasteiger partial charge in [0.1, 0.15) is 6.54 Å². The minimum atomic E-state index is -0.332. The van der Waals surface area contributed by atoms with E-state index in [-0.39, 0.29) is 12.5 Å². The lowest BCUT2D eigenvalue weighted by atomic mass is 10.1. The van der Waals surface area contributed by atoms with Gasteiger partial charge in [-0.05, 0) is 42.0 Å². The molecule has 2 N–H and O–H groups in total. The van der Waals surface area contributed by atoms with E-state index in [0.717, 1.165) is 27.4 Å². The van der Waals surface area contributed by atoms with Crippen molar-refractivity contribution in [2.24, 2.45) is 5.10 Å². The molecule has 0 spiro atoms. The summed E-state index contributed by atoms with van der Waals surface area (Å²) in [6, 6.07) is 23.8. The van der Waals surface area contributed by atoms with Crippen molar-refractivity contribution in [3.8, 4) is 11.4 Å². The first kappa shape index (κ1) is 20.0. The van der Waals surface area contributed by atoms with Crippen LogP contribution in [0.5, 0.6) is 0 Å². The molecule has 158 valence electrons. The second-order valence-corrected chi connectivity index (χ2v) is 8.26. The molecular formula is C23H19N7OS. The third kappa shape index (κ3) is 4.23. The van der Waals surface area contributed by atoms with Crippen LogP contribution >= 0.6 is 11.8 Å². The maximum atomic E-state index is 12.3. The number of carbonyl (C=O) groups excluding carboxylic acids is 1. The topological polar surface area (TPSA) is 97.1 Å². The molecule has 1 amide bonds. The van der Waals surface area contributed by atoms with Crippen LogP contribution in [-0.4, -0.2) is 31.8 Å². The van der Waals surface area contributed by atoms with Crippen LogP contribution in [0.1, 0.15) is 12.5 Å². The number of benzene rings is 3. The van der Waals surface area contributed by atoms with Crippen molar-refractivity contribution in [3.05, 3.63) is 78.4 Å². The number of rotatable bonds is 5. The number of aromatic nitrogens is 4. The molecule has 1 aliphatic rings. The Morgan fingerprint density at radius 3 is 2.69 bits per heavy atom. The second-order valence-electron chi connectivity index (χ2n) is 7.18. The minimum Gasteiger partial charge on any atom is -0.354 e. The van der Waals surface area contributed by atoms with E-state index in [9.17, 15) is 4.79 Å². The zero-order valence-electron chi connectivity index (χ0n) is 17.2. The number of amides is 1. The molecule has 1 aromatic heterocycles. The lowest BCUT2D eigenvalue weighted by Gasteiger charge is -2.21. The molecule has 9 heteroatoms. The molecule has 0 radical (unpaired) electrons. The van der Waals surface area contributed by atoms with Gasteiger partial charge in [0, 0.05) is 15.4 Å². The van der Waals surface area contributed by atoms with Gasteiger partial charge in [0.15, 0.2) is 0 Å². The fourth-order valence-corrected chi connectivity index (χ4v) is 4.22. The maximum Gasteiger partial charge on any atom is 0.263 e. The van der Waals surface area contributed by atoms with Gasteiger partial charge in [0.2, 0.25) is 5.82 Å². The molecular weight excluding hydrogens is 422 g/mol. The summed E-state index contributed by atoms with van der Waals surface area (Å²) in [6.45, 7) is 1.78. The van der Waals surface area contributed by atoms with Gasteiger partial charge in [0.05, 0.1) is 17.1 Å². The number of nitrogens with one attached hydrogen (secondary N) is 2. The lowest BCUT2D eigenvalue weighted by molar-refractivity contribution is -0.122. The largest absolute Gasteiger partial charge is 0.354 e. The van der Waals surface area contributed by atoms with Crippen LogP contribution in [-0.2, 0) is 11.3 Å². The van der Waals surface area contributed by atoms with Crippen LogP contribution in [0, 0.1) is 0 Å². The molecule has 0 bridgehead atoms. The van der Waals surface area contributed by atoms with Crippen molar-refractivity contribution in [2.45, 2.75) is 23.3 Å². The number of para-hydroxylation sites is 1. The Labute approximate surface area is 188 Å². The van der Waals surface area contributed by atoms with Crippen molar-refractivity contribution in [1.82, 2.24) is 25.6 Å². The SMILES string of the molecule is CC(=NNC(=O)Cn1nnc(-c2ccccc2)n1)c1ccc2c(c1)Nc1ccccc1S2. The Bertz CT molecular complexity index is 1320. The van der Waals surface area contributed by atoms with E-state index in [1.807, 2.05) is 61.5 Å². The lowest BCUT2D eigenvalue weighted by Crippen LogP contribution is -2.25. The Morgan fingerprint density at radius 2 is 1.81 bits per heavy atom. The van der Waals surface area contributed by atoms with E-state index in [1.165, 1.54) is 9.69 Å². The highest BCUT2D eigenvalue weighted by Crippen LogP contribution is 2.44. The highest BCUT2D eigenvalue weighted by Gasteiger charge is 2.16. The smallest absolute Gasteiger partial charge is 0.263 e. The van der Waals surface area contributed by atoms with Gasteiger partial charge >= 0.3 is 0 Å². The van der Waals surface area contributed by atoms with Crippen LogP contribution in [0.25, 0.3) is 11.4 Å². The molecule has 32 heavy (non-hydrogen) atoms. The van der Waals surface area contributed by atoms with Crippen molar-refractivity contribution in [3.63, 3.8) is 0 Å². The molecule has 5 rings (SSSR count). The molecule has 2 heterocycles. The molecule has 0 saturated carbocycles. The molecule has 8 nitrogen and oxygen atoms in total. The van der Waals surface area contributed by atoms with Crippen LogP contribution in [0.4, 0.5) is 11.4 Å². The maximum absolute atomic E-state index is 12.3. The van der Waals surface area contributed by atoms with Crippen molar-refractivity contribution < 1.29 is 4.79 Å². The standard InChI is InChI=1S/C23H19N7OS/c1-15(17-11-12-21-19(13-17)24-18-9-5-6-10-20(18)32-21)25-26-22(31)14-30-28-23(27-29-30)16-7-3-2-4-8-16/h2-13,24H,14H2,1H3,(H,26,31). The van der Waals surface area contributed by atoms with Crippen LogP contribution in [0.3, 0.4) is 0 Å². The van der Waals surface area contributed by atoms with Gasteiger partial charge in [-0.15, -0.1) is 10.2 Å². The fourth-order valence-electron chi connectivity index (χ4n) is 3.25. The van der Waals surface area contributed by atoms with Crippen molar-refractivity contribution >= 4 is 34.8 Å². The predicted octanol–water partition coefficient (Wildman–Crippen LogP) is 4.09. The normalized spacial score (nSPS) is 12.5. The second kappa shape index (κ2) is 8.64. The van der Waals surface area contributed by atoms with Gasteiger partial charge in [0.25, 0.3) is 5.91 Å². The van der Waals surface area contributed by atoms with E-state index in [0.29, 0.717) is 11.5 Å². The summed E-state index contributed by atoms with van der Waals surface area (Å²) in [7, 11) is 0. The van der Waals surface area contributed by atoms with Crippen molar-refractivity contribution in [2.75, 3.05) is 5.32 Å². The average Bonchev–Trinajstić information content (AvgIpc) is 3.29. The van der Waals surface area contributed by atoms with Crippen LogP contribution in [0.15, 0.2) is 87.7 Å². The molecule has 3 aromatic carbocycles. The highest BCUT2D eigenvalue weighted by atomic mass is 32.2. The summed E-state index contributed by atoms with van der Waals surface area (Å²) in [4.78, 5) is 15.9. The number of carbonyl (C=O) groups is 1.